The first-order chi connectivity index (χ1) is 2.89. The predicted molar refractivity (Wildman–Crippen MR) is 26.0 cm³/mol. The molecule has 0 atom stereocenters. The topological polar surface area (TPSA) is 12.9 Å². The molecule has 1 aromatic heterocycles. The molecule has 7 heavy (non-hydrogen) atoms. The summed E-state index contributed by atoms with van der Waals surface area (Å²) >= 11 is 6.64. The Morgan fingerprint density at radius 1 is 1.86 bits per heavy atom. The van der Waals surface area contributed by atoms with Crippen LogP contribution in [0.25, 0.3) is 0 Å². The van der Waals surface area contributed by atoms with Crippen LogP contribution in [0.1, 0.15) is 0 Å². The fourth-order valence-electron chi connectivity index (χ4n) is 0.178. The zero-order chi connectivity index (χ0) is 4.41. The van der Waals surface area contributed by atoms with Crippen LogP contribution in [0.15, 0.2) is 6.20 Å². The molecular formula is C3HClLiNS. The van der Waals surface area contributed by atoms with Gasteiger partial charge in [-0.3, -0.25) is 0 Å². The Labute approximate surface area is 62.9 Å². The number of hydrogen-bond acceptors (Lipinski definition) is 2. The quantitative estimate of drug-likeness (QED) is 0.307. The van der Waals surface area contributed by atoms with Crippen molar-refractivity contribution in [2.75, 3.05) is 0 Å². The molecule has 0 aliphatic rings. The fraction of sp³-hybridized carbons (Fsp3) is 0. The van der Waals surface area contributed by atoms with Crippen molar-refractivity contribution in [3.05, 3.63) is 16.0 Å². The summed E-state index contributed by atoms with van der Waals surface area (Å²) in [5, 5.41) is 2.73. The van der Waals surface area contributed by atoms with Crippen molar-refractivity contribution in [1.29, 1.82) is 0 Å². The Morgan fingerprint density at radius 2 is 2.57 bits per heavy atom. The van der Waals surface area contributed by atoms with Gasteiger partial charge in [0.2, 0.25) is 0 Å². The van der Waals surface area contributed by atoms with E-state index in [1.165, 1.54) is 11.3 Å². The van der Waals surface area contributed by atoms with Crippen molar-refractivity contribution in [3.63, 3.8) is 0 Å². The second-order valence-corrected chi connectivity index (χ2v) is 2.14. The molecule has 0 aliphatic carbocycles. The van der Waals surface area contributed by atoms with Crippen LogP contribution in [0.5, 0.6) is 0 Å². The Hall–Kier alpha value is 0.517. The minimum absolute atomic E-state index is 0. The number of rotatable bonds is 0. The molecular weight excluding hydrogens is 125 g/mol. The summed E-state index contributed by atoms with van der Waals surface area (Å²) in [5.41, 5.74) is 0. The molecule has 0 aromatic carbocycles. The molecule has 0 saturated heterocycles. The standard InChI is InChI=1S/C3HClNS.Li/c4-3-5-1-2-6-3;/h1H;/q-1;+1. The van der Waals surface area contributed by atoms with Crippen molar-refractivity contribution in [2.45, 2.75) is 0 Å². The second-order valence-electron chi connectivity index (χ2n) is 0.731. The van der Waals surface area contributed by atoms with E-state index in [4.69, 9.17) is 11.6 Å². The number of thiazole rings is 1. The van der Waals surface area contributed by atoms with Gasteiger partial charge < -0.3 is 16.3 Å². The number of nitrogens with zero attached hydrogens (tertiary/aromatic N) is 1. The third-order valence-corrected chi connectivity index (χ3v) is 1.19. The van der Waals surface area contributed by atoms with Crippen LogP contribution in [-0.4, -0.2) is 4.98 Å². The third kappa shape index (κ3) is 2.35. The van der Waals surface area contributed by atoms with E-state index in [1.807, 2.05) is 0 Å². The van der Waals surface area contributed by atoms with E-state index >= 15 is 0 Å². The zero-order valence-electron chi connectivity index (χ0n) is 3.81. The average molecular weight is 126 g/mol. The van der Waals surface area contributed by atoms with Crippen molar-refractivity contribution in [1.82, 2.24) is 4.98 Å². The summed E-state index contributed by atoms with van der Waals surface area (Å²) in [4.78, 5) is 3.65. The first-order valence-electron chi connectivity index (χ1n) is 1.37. The Morgan fingerprint density at radius 3 is 2.71 bits per heavy atom. The van der Waals surface area contributed by atoms with Gasteiger partial charge in [-0.05, 0) is 0 Å². The van der Waals surface area contributed by atoms with Crippen LogP contribution in [0.2, 0.25) is 4.47 Å². The van der Waals surface area contributed by atoms with Crippen molar-refractivity contribution >= 4 is 22.9 Å². The maximum Gasteiger partial charge on any atom is 1.00 e. The Balaban J connectivity index is 0.000000360. The normalized spacial score (nSPS) is 7.57. The van der Waals surface area contributed by atoms with Crippen molar-refractivity contribution in [2.24, 2.45) is 0 Å². The SMILES string of the molecule is Clc1nc[c-]s1.[Li+]. The number of halogens is 1. The van der Waals surface area contributed by atoms with E-state index < -0.39 is 0 Å². The van der Waals surface area contributed by atoms with Crippen LogP contribution < -0.4 is 18.9 Å². The molecule has 32 valence electrons. The van der Waals surface area contributed by atoms with Gasteiger partial charge >= 0.3 is 18.9 Å². The van der Waals surface area contributed by atoms with Crippen LogP contribution in [-0.2, 0) is 0 Å². The van der Waals surface area contributed by atoms with Gasteiger partial charge in [-0.15, -0.1) is 0 Å². The molecule has 0 amide bonds. The molecule has 0 aliphatic heterocycles. The first-order valence-corrected chi connectivity index (χ1v) is 2.56. The van der Waals surface area contributed by atoms with E-state index in [1.54, 1.807) is 6.20 Å². The Bertz CT molecular complexity index is 118. The van der Waals surface area contributed by atoms with E-state index in [0.29, 0.717) is 4.47 Å². The van der Waals surface area contributed by atoms with Gasteiger partial charge in [-0.2, -0.15) is 17.0 Å². The molecule has 1 nitrogen and oxygen atoms in total. The molecule has 0 fully saturated rings. The number of hydrogen-bond donors (Lipinski definition) is 0. The van der Waals surface area contributed by atoms with Gasteiger partial charge in [0.1, 0.15) is 0 Å². The summed E-state index contributed by atoms with van der Waals surface area (Å²) in [6.45, 7) is 0. The van der Waals surface area contributed by atoms with Crippen molar-refractivity contribution < 1.29 is 18.9 Å². The summed E-state index contributed by atoms with van der Waals surface area (Å²) < 4.78 is 0.551. The smallest absolute Gasteiger partial charge is 0.348 e. The molecule has 0 unspecified atom stereocenters. The van der Waals surface area contributed by atoms with E-state index in [2.05, 4.69) is 10.4 Å². The molecule has 1 heterocycles. The minimum Gasteiger partial charge on any atom is -0.348 e. The van der Waals surface area contributed by atoms with Gasteiger partial charge in [0.05, 0.1) is 0 Å². The predicted octanol–water partition coefficient (Wildman–Crippen LogP) is -1.40. The van der Waals surface area contributed by atoms with Gasteiger partial charge in [-0.1, -0.05) is 6.20 Å². The summed E-state index contributed by atoms with van der Waals surface area (Å²) in [6, 6.07) is 0. The van der Waals surface area contributed by atoms with Gasteiger partial charge in [0.15, 0.2) is 0 Å². The van der Waals surface area contributed by atoms with E-state index in [9.17, 15) is 0 Å². The molecule has 1 rings (SSSR count). The first kappa shape index (κ1) is 7.52. The third-order valence-electron chi connectivity index (χ3n) is 0.362. The average Bonchev–Trinajstić information content (AvgIpc) is 1.86. The maximum atomic E-state index is 5.33. The monoisotopic (exact) mass is 125 g/mol. The van der Waals surface area contributed by atoms with E-state index in [-0.39, 0.29) is 18.9 Å². The second kappa shape index (κ2) is 3.51. The molecule has 0 radical (unpaired) electrons. The molecule has 0 saturated carbocycles. The molecule has 1 aromatic rings. The minimum atomic E-state index is 0. The van der Waals surface area contributed by atoms with Gasteiger partial charge in [0.25, 0.3) is 0 Å². The summed E-state index contributed by atoms with van der Waals surface area (Å²) in [6.07, 6.45) is 1.55. The molecule has 0 bridgehead atoms. The van der Waals surface area contributed by atoms with Gasteiger partial charge in [0, 0.05) is 4.47 Å². The fourth-order valence-corrected chi connectivity index (χ4v) is 0.669. The Kier molecular flexibility index (Phi) is 3.77. The maximum absolute atomic E-state index is 5.33. The van der Waals surface area contributed by atoms with Crippen molar-refractivity contribution in [3.8, 4) is 0 Å². The molecule has 0 spiro atoms. The van der Waals surface area contributed by atoms with Crippen LogP contribution >= 0.6 is 22.9 Å². The zero-order valence-corrected chi connectivity index (χ0v) is 5.38. The van der Waals surface area contributed by atoms with Crippen LogP contribution in [0, 0.1) is 5.38 Å². The number of aromatic nitrogens is 1. The largest absolute Gasteiger partial charge is 1.00 e. The molecule has 0 N–H and O–H groups in total. The van der Waals surface area contributed by atoms with Crippen LogP contribution in [0.3, 0.4) is 0 Å². The van der Waals surface area contributed by atoms with E-state index in [0.717, 1.165) is 0 Å². The van der Waals surface area contributed by atoms with Crippen LogP contribution in [0.4, 0.5) is 0 Å². The van der Waals surface area contributed by atoms with Gasteiger partial charge in [-0.25, -0.2) is 0 Å². The molecule has 4 heteroatoms. The summed E-state index contributed by atoms with van der Waals surface area (Å²) in [5.74, 6) is 0. The summed E-state index contributed by atoms with van der Waals surface area (Å²) in [7, 11) is 0.